The summed E-state index contributed by atoms with van der Waals surface area (Å²) in [5, 5.41) is 0. The number of hydrogen-bond acceptors (Lipinski definition) is 2. The molecule has 1 aromatic carbocycles. The zero-order valence-corrected chi connectivity index (χ0v) is 9.99. The molecule has 1 unspecified atom stereocenters. The number of rotatable bonds is 1. The molecule has 0 heterocycles. The van der Waals surface area contributed by atoms with E-state index in [2.05, 4.69) is 4.85 Å². The Morgan fingerprint density at radius 3 is 2.82 bits per heavy atom. The van der Waals surface area contributed by atoms with Crippen molar-refractivity contribution in [3.63, 3.8) is 0 Å². The quantitative estimate of drug-likeness (QED) is 0.751. The minimum atomic E-state index is -0.870. The highest BCUT2D eigenvalue weighted by Gasteiger charge is 2.37. The van der Waals surface area contributed by atoms with Crippen molar-refractivity contribution in [2.75, 3.05) is 0 Å². The van der Waals surface area contributed by atoms with Gasteiger partial charge in [0.05, 0.1) is 12.1 Å². The maximum atomic E-state index is 12.0. The van der Waals surface area contributed by atoms with E-state index in [0.29, 0.717) is 18.5 Å². The molecule has 0 aliphatic heterocycles. The van der Waals surface area contributed by atoms with Crippen molar-refractivity contribution >= 4 is 11.5 Å². The van der Waals surface area contributed by atoms with Gasteiger partial charge >= 0.3 is 0 Å². The molecule has 88 valence electrons. The van der Waals surface area contributed by atoms with Crippen LogP contribution in [0.4, 0.5) is 5.69 Å². The third kappa shape index (κ3) is 1.96. The van der Waals surface area contributed by atoms with E-state index in [1.165, 1.54) is 0 Å². The summed E-state index contributed by atoms with van der Waals surface area (Å²) in [5.41, 5.74) is 7.68. The van der Waals surface area contributed by atoms with Crippen molar-refractivity contribution in [3.05, 3.63) is 40.7 Å². The molecule has 1 aliphatic carbocycles. The smallest absolute Gasteiger partial charge is 0.190 e. The molecule has 1 aromatic rings. The van der Waals surface area contributed by atoms with Crippen molar-refractivity contribution < 1.29 is 4.79 Å². The number of aryl methyl sites for hydroxylation is 1. The van der Waals surface area contributed by atoms with Crippen LogP contribution in [-0.4, -0.2) is 5.78 Å². The second-order valence-electron chi connectivity index (χ2n) is 4.71. The summed E-state index contributed by atoms with van der Waals surface area (Å²) in [6, 6.07) is 5.53. The number of hydrogen-bond donors (Lipinski definition) is 1. The lowest BCUT2D eigenvalue weighted by Crippen LogP contribution is -2.46. The third-order valence-corrected chi connectivity index (χ3v) is 3.57. The maximum Gasteiger partial charge on any atom is 0.190 e. The van der Waals surface area contributed by atoms with Crippen molar-refractivity contribution in [1.29, 1.82) is 0 Å². The molecule has 2 N–H and O–H groups in total. The molecule has 0 aromatic heterocycles. The molecule has 0 amide bonds. The third-order valence-electron chi connectivity index (χ3n) is 3.57. The lowest BCUT2D eigenvalue weighted by molar-refractivity contribution is -0.126. The minimum absolute atomic E-state index is 0.100. The molecule has 1 atom stereocenters. The Morgan fingerprint density at radius 2 is 2.18 bits per heavy atom. The zero-order valence-electron chi connectivity index (χ0n) is 9.99. The molecule has 0 saturated heterocycles. The van der Waals surface area contributed by atoms with E-state index in [-0.39, 0.29) is 5.78 Å². The van der Waals surface area contributed by atoms with E-state index in [1.807, 2.05) is 19.1 Å². The van der Waals surface area contributed by atoms with Gasteiger partial charge in [0.25, 0.3) is 0 Å². The predicted molar refractivity (Wildman–Crippen MR) is 66.8 cm³/mol. The Bertz CT molecular complexity index is 501. The monoisotopic (exact) mass is 228 g/mol. The molecule has 1 aliphatic rings. The van der Waals surface area contributed by atoms with Gasteiger partial charge in [0.1, 0.15) is 0 Å². The molecule has 3 heteroatoms. The lowest BCUT2D eigenvalue weighted by atomic mass is 9.76. The normalized spacial score (nSPS) is 24.4. The van der Waals surface area contributed by atoms with Crippen molar-refractivity contribution in [1.82, 2.24) is 0 Å². The van der Waals surface area contributed by atoms with Crippen LogP contribution in [0.1, 0.15) is 36.8 Å². The van der Waals surface area contributed by atoms with Crippen molar-refractivity contribution in [2.45, 2.75) is 38.1 Å². The van der Waals surface area contributed by atoms with Gasteiger partial charge in [-0.1, -0.05) is 24.6 Å². The molecule has 1 fully saturated rings. The van der Waals surface area contributed by atoms with Crippen LogP contribution < -0.4 is 5.73 Å². The minimum Gasteiger partial charge on any atom is -0.315 e. The van der Waals surface area contributed by atoms with Crippen LogP contribution in [0.2, 0.25) is 0 Å². The highest BCUT2D eigenvalue weighted by Crippen LogP contribution is 2.34. The highest BCUT2D eigenvalue weighted by atomic mass is 16.1. The summed E-state index contributed by atoms with van der Waals surface area (Å²) < 4.78 is 0. The number of benzene rings is 1. The number of carbonyl (C=O) groups excluding carboxylic acids is 1. The second kappa shape index (κ2) is 4.31. The van der Waals surface area contributed by atoms with Gasteiger partial charge in [-0.2, -0.15) is 0 Å². The van der Waals surface area contributed by atoms with Crippen LogP contribution in [0.25, 0.3) is 4.85 Å². The topological polar surface area (TPSA) is 47.5 Å². The molecule has 0 bridgehead atoms. The van der Waals surface area contributed by atoms with Crippen LogP contribution in [0, 0.1) is 13.5 Å². The van der Waals surface area contributed by atoms with Gasteiger partial charge in [0, 0.05) is 6.42 Å². The maximum absolute atomic E-state index is 12.0. The number of nitrogens with zero attached hydrogens (tertiary/aromatic N) is 1. The summed E-state index contributed by atoms with van der Waals surface area (Å²) in [7, 11) is 0. The van der Waals surface area contributed by atoms with E-state index in [4.69, 9.17) is 12.3 Å². The van der Waals surface area contributed by atoms with E-state index in [9.17, 15) is 4.79 Å². The molecule has 17 heavy (non-hydrogen) atoms. The van der Waals surface area contributed by atoms with Crippen molar-refractivity contribution in [3.8, 4) is 0 Å². The van der Waals surface area contributed by atoms with E-state index < -0.39 is 5.54 Å². The van der Waals surface area contributed by atoms with Gasteiger partial charge in [-0.3, -0.25) is 4.79 Å². The number of Topliss-reactive ketones (excluding diaryl/α,β-unsaturated/α-hetero) is 1. The van der Waals surface area contributed by atoms with Crippen LogP contribution >= 0.6 is 0 Å². The first kappa shape index (κ1) is 11.8. The number of nitrogens with two attached hydrogens (primary N) is 1. The Morgan fingerprint density at radius 1 is 1.41 bits per heavy atom. The fourth-order valence-corrected chi connectivity index (χ4v) is 2.36. The van der Waals surface area contributed by atoms with Gasteiger partial charge in [-0.15, -0.1) is 0 Å². The predicted octanol–water partition coefficient (Wildman–Crippen LogP) is 2.84. The van der Waals surface area contributed by atoms with Gasteiger partial charge in [0.2, 0.25) is 0 Å². The first-order valence-electron chi connectivity index (χ1n) is 5.89. The Labute approximate surface area is 101 Å². The SMILES string of the molecule is [C-]#[N+]c1cc(C2(N)CCCCC2=O)ccc1C. The summed E-state index contributed by atoms with van der Waals surface area (Å²) >= 11 is 0. The molecule has 0 radical (unpaired) electrons. The molecule has 1 saturated carbocycles. The van der Waals surface area contributed by atoms with Crippen LogP contribution in [0.5, 0.6) is 0 Å². The molecule has 2 rings (SSSR count). The lowest BCUT2D eigenvalue weighted by Gasteiger charge is -2.32. The van der Waals surface area contributed by atoms with Crippen LogP contribution in [0.15, 0.2) is 18.2 Å². The first-order chi connectivity index (χ1) is 8.08. The Kier molecular flexibility index (Phi) is 2.99. The average Bonchev–Trinajstić information content (AvgIpc) is 2.33. The molecular formula is C14H16N2O. The summed E-state index contributed by atoms with van der Waals surface area (Å²) in [4.78, 5) is 15.5. The fraction of sp³-hybridized carbons (Fsp3) is 0.429. The van der Waals surface area contributed by atoms with E-state index in [0.717, 1.165) is 24.0 Å². The van der Waals surface area contributed by atoms with E-state index >= 15 is 0 Å². The van der Waals surface area contributed by atoms with Gasteiger partial charge in [0.15, 0.2) is 11.5 Å². The Hall–Kier alpha value is -1.66. The highest BCUT2D eigenvalue weighted by molar-refractivity contribution is 5.90. The number of carbonyl (C=O) groups is 1. The fourth-order valence-electron chi connectivity index (χ4n) is 2.36. The average molecular weight is 228 g/mol. The standard InChI is InChI=1S/C14H16N2O/c1-10-6-7-11(9-12(10)16-2)14(15)8-4-3-5-13(14)17/h6-7,9H,3-5,8,15H2,1H3. The number of ketones is 1. The van der Waals surface area contributed by atoms with Crippen molar-refractivity contribution in [2.24, 2.45) is 5.73 Å². The van der Waals surface area contributed by atoms with Crippen LogP contribution in [-0.2, 0) is 10.3 Å². The van der Waals surface area contributed by atoms with Gasteiger partial charge < -0.3 is 5.73 Å². The molecule has 3 nitrogen and oxygen atoms in total. The summed E-state index contributed by atoms with van der Waals surface area (Å²) in [5.74, 6) is 0.100. The second-order valence-corrected chi connectivity index (χ2v) is 4.71. The van der Waals surface area contributed by atoms with Gasteiger partial charge in [-0.25, -0.2) is 4.85 Å². The zero-order chi connectivity index (χ0) is 12.5. The molecular weight excluding hydrogens is 212 g/mol. The summed E-state index contributed by atoms with van der Waals surface area (Å²) in [6.45, 7) is 9.00. The summed E-state index contributed by atoms with van der Waals surface area (Å²) in [6.07, 6.45) is 3.15. The Balaban J connectivity index is 2.46. The van der Waals surface area contributed by atoms with E-state index in [1.54, 1.807) is 6.07 Å². The van der Waals surface area contributed by atoms with Gasteiger partial charge in [-0.05, 0) is 30.9 Å². The first-order valence-corrected chi connectivity index (χ1v) is 5.89. The van der Waals surface area contributed by atoms with Crippen LogP contribution in [0.3, 0.4) is 0 Å². The largest absolute Gasteiger partial charge is 0.315 e. The molecule has 0 spiro atoms.